The largest absolute Gasteiger partial charge is 0.349 e. The molecule has 0 bridgehead atoms. The molecule has 1 aliphatic rings. The lowest BCUT2D eigenvalue weighted by atomic mass is 10.1. The molecule has 1 N–H and O–H groups in total. The molecule has 1 amide bonds. The van der Waals surface area contributed by atoms with Crippen molar-refractivity contribution in [2.75, 3.05) is 13.2 Å². The number of carbonyl (C=O) groups excluding carboxylic acids is 1. The van der Waals surface area contributed by atoms with E-state index in [0.717, 1.165) is 5.56 Å². The first kappa shape index (κ1) is 14.0. The molecular formula is C15H21NO3. The highest BCUT2D eigenvalue weighted by Gasteiger charge is 2.32. The third-order valence-electron chi connectivity index (χ3n) is 3.33. The molecule has 4 heteroatoms. The van der Waals surface area contributed by atoms with E-state index in [1.165, 1.54) is 5.56 Å². The average Bonchev–Trinajstić information content (AvgIpc) is 2.69. The van der Waals surface area contributed by atoms with Crippen LogP contribution in [-0.2, 0) is 9.47 Å². The minimum Gasteiger partial charge on any atom is -0.349 e. The molecule has 0 spiro atoms. The first-order valence-electron chi connectivity index (χ1n) is 6.54. The maximum absolute atomic E-state index is 12.0. The van der Waals surface area contributed by atoms with Crippen LogP contribution in [0.3, 0.4) is 0 Å². The summed E-state index contributed by atoms with van der Waals surface area (Å²) >= 11 is 0. The minimum absolute atomic E-state index is 0.0728. The van der Waals surface area contributed by atoms with E-state index in [9.17, 15) is 4.79 Å². The lowest BCUT2D eigenvalue weighted by Crippen LogP contribution is -2.34. The van der Waals surface area contributed by atoms with Crippen LogP contribution in [0.5, 0.6) is 0 Å². The van der Waals surface area contributed by atoms with Crippen LogP contribution in [0.2, 0.25) is 0 Å². The van der Waals surface area contributed by atoms with E-state index in [1.807, 2.05) is 45.9 Å². The summed E-state index contributed by atoms with van der Waals surface area (Å²) in [5.74, 6) is -0.619. The van der Waals surface area contributed by atoms with Crippen molar-refractivity contribution < 1.29 is 14.3 Å². The van der Waals surface area contributed by atoms with Gasteiger partial charge in [0.15, 0.2) is 5.79 Å². The lowest BCUT2D eigenvalue weighted by molar-refractivity contribution is -0.137. The van der Waals surface area contributed by atoms with Gasteiger partial charge in [-0.2, -0.15) is 0 Å². The van der Waals surface area contributed by atoms with E-state index in [0.29, 0.717) is 18.7 Å². The monoisotopic (exact) mass is 263 g/mol. The normalized spacial score (nSPS) is 21.4. The number of ether oxygens (including phenoxy) is 2. The van der Waals surface area contributed by atoms with E-state index >= 15 is 0 Å². The van der Waals surface area contributed by atoms with E-state index in [2.05, 4.69) is 5.32 Å². The summed E-state index contributed by atoms with van der Waals surface area (Å²) in [5, 5.41) is 2.88. The predicted molar refractivity (Wildman–Crippen MR) is 73.2 cm³/mol. The highest BCUT2D eigenvalue weighted by molar-refractivity contribution is 5.94. The van der Waals surface area contributed by atoms with Crippen molar-refractivity contribution in [3.8, 4) is 0 Å². The number of hydrogen-bond donors (Lipinski definition) is 1. The van der Waals surface area contributed by atoms with Gasteiger partial charge in [-0.15, -0.1) is 0 Å². The fourth-order valence-corrected chi connectivity index (χ4v) is 2.05. The Hall–Kier alpha value is -1.39. The Morgan fingerprint density at radius 1 is 1.37 bits per heavy atom. The number of amides is 1. The molecule has 1 heterocycles. The van der Waals surface area contributed by atoms with Gasteiger partial charge in [0.05, 0.1) is 6.61 Å². The summed E-state index contributed by atoms with van der Waals surface area (Å²) in [4.78, 5) is 12.0. The molecule has 1 aromatic rings. The van der Waals surface area contributed by atoms with Gasteiger partial charge in [0, 0.05) is 12.1 Å². The van der Waals surface area contributed by atoms with Crippen LogP contribution < -0.4 is 5.32 Å². The fourth-order valence-electron chi connectivity index (χ4n) is 2.05. The molecule has 19 heavy (non-hydrogen) atoms. The van der Waals surface area contributed by atoms with Gasteiger partial charge in [0.2, 0.25) is 0 Å². The Morgan fingerprint density at radius 2 is 2.11 bits per heavy atom. The van der Waals surface area contributed by atoms with Crippen LogP contribution in [0.15, 0.2) is 18.2 Å². The van der Waals surface area contributed by atoms with Crippen molar-refractivity contribution in [1.82, 2.24) is 5.32 Å². The number of rotatable bonds is 3. The van der Waals surface area contributed by atoms with Crippen molar-refractivity contribution in [2.24, 2.45) is 0 Å². The topological polar surface area (TPSA) is 47.6 Å². The Bertz CT molecular complexity index is 482. The summed E-state index contributed by atoms with van der Waals surface area (Å²) in [6, 6.07) is 5.71. The van der Waals surface area contributed by atoms with E-state index in [-0.39, 0.29) is 12.0 Å². The van der Waals surface area contributed by atoms with Crippen LogP contribution in [0, 0.1) is 13.8 Å². The zero-order valence-electron chi connectivity index (χ0n) is 11.9. The predicted octanol–water partition coefficient (Wildman–Crippen LogP) is 2.18. The molecule has 1 saturated heterocycles. The van der Waals surface area contributed by atoms with Gasteiger partial charge in [-0.25, -0.2) is 0 Å². The molecule has 104 valence electrons. The van der Waals surface area contributed by atoms with Crippen LogP contribution >= 0.6 is 0 Å². The molecule has 2 rings (SSSR count). The summed E-state index contributed by atoms with van der Waals surface area (Å²) in [6.45, 7) is 8.76. The van der Waals surface area contributed by atoms with Crippen molar-refractivity contribution in [2.45, 2.75) is 39.6 Å². The molecule has 0 radical (unpaired) electrons. The minimum atomic E-state index is -0.546. The third kappa shape index (κ3) is 3.55. The van der Waals surface area contributed by atoms with Gasteiger partial charge in [0.25, 0.3) is 5.91 Å². The summed E-state index contributed by atoms with van der Waals surface area (Å²) in [6.07, 6.45) is -0.0782. The van der Waals surface area contributed by atoms with Crippen molar-refractivity contribution in [3.63, 3.8) is 0 Å². The zero-order valence-corrected chi connectivity index (χ0v) is 11.9. The molecule has 1 aromatic carbocycles. The molecule has 1 atom stereocenters. The van der Waals surface area contributed by atoms with Crippen LogP contribution in [0.4, 0.5) is 0 Å². The molecule has 4 nitrogen and oxygen atoms in total. The molecule has 0 aliphatic carbocycles. The summed E-state index contributed by atoms with van der Waals surface area (Å²) < 4.78 is 11.1. The maximum atomic E-state index is 12.0. The van der Waals surface area contributed by atoms with Crippen LogP contribution in [0.25, 0.3) is 0 Å². The molecule has 1 unspecified atom stereocenters. The SMILES string of the molecule is Cc1ccc(C(=O)NCC2COC(C)(C)O2)cc1C. The van der Waals surface area contributed by atoms with Gasteiger partial charge in [0.1, 0.15) is 6.10 Å². The van der Waals surface area contributed by atoms with Crippen molar-refractivity contribution >= 4 is 5.91 Å². The van der Waals surface area contributed by atoms with Crippen molar-refractivity contribution in [3.05, 3.63) is 34.9 Å². The number of carbonyl (C=O) groups is 1. The second-order valence-electron chi connectivity index (χ2n) is 5.46. The number of nitrogens with one attached hydrogen (secondary N) is 1. The molecular weight excluding hydrogens is 242 g/mol. The first-order chi connectivity index (χ1) is 8.87. The standard InChI is InChI=1S/C15H21NO3/c1-10-5-6-12(7-11(10)2)14(17)16-8-13-9-18-15(3,4)19-13/h5-7,13H,8-9H2,1-4H3,(H,16,17). The Labute approximate surface area is 114 Å². The Balaban J connectivity index is 1.89. The molecule has 1 fully saturated rings. The van der Waals surface area contributed by atoms with Gasteiger partial charge in [-0.1, -0.05) is 6.07 Å². The number of aryl methyl sites for hydroxylation is 2. The second-order valence-corrected chi connectivity index (χ2v) is 5.46. The molecule has 1 aliphatic heterocycles. The highest BCUT2D eigenvalue weighted by atomic mass is 16.7. The fraction of sp³-hybridized carbons (Fsp3) is 0.533. The number of hydrogen-bond acceptors (Lipinski definition) is 3. The average molecular weight is 263 g/mol. The Morgan fingerprint density at radius 3 is 2.68 bits per heavy atom. The summed E-state index contributed by atoms with van der Waals surface area (Å²) in [7, 11) is 0. The quantitative estimate of drug-likeness (QED) is 0.909. The number of benzene rings is 1. The van der Waals surface area contributed by atoms with Gasteiger partial charge >= 0.3 is 0 Å². The third-order valence-corrected chi connectivity index (χ3v) is 3.33. The van der Waals surface area contributed by atoms with E-state index in [1.54, 1.807) is 0 Å². The van der Waals surface area contributed by atoms with Crippen LogP contribution in [0.1, 0.15) is 35.3 Å². The summed E-state index contributed by atoms with van der Waals surface area (Å²) in [5.41, 5.74) is 2.99. The van der Waals surface area contributed by atoms with Gasteiger partial charge in [-0.3, -0.25) is 4.79 Å². The van der Waals surface area contributed by atoms with Crippen molar-refractivity contribution in [1.29, 1.82) is 0 Å². The smallest absolute Gasteiger partial charge is 0.251 e. The first-order valence-corrected chi connectivity index (χ1v) is 6.54. The Kier molecular flexibility index (Phi) is 3.92. The lowest BCUT2D eigenvalue weighted by Gasteiger charge is -2.17. The van der Waals surface area contributed by atoms with Gasteiger partial charge < -0.3 is 14.8 Å². The highest BCUT2D eigenvalue weighted by Crippen LogP contribution is 2.21. The molecule has 0 saturated carbocycles. The maximum Gasteiger partial charge on any atom is 0.251 e. The zero-order chi connectivity index (χ0) is 14.0. The van der Waals surface area contributed by atoms with E-state index in [4.69, 9.17) is 9.47 Å². The van der Waals surface area contributed by atoms with Gasteiger partial charge in [-0.05, 0) is 51.0 Å². The second kappa shape index (κ2) is 5.31. The van der Waals surface area contributed by atoms with Crippen LogP contribution in [-0.4, -0.2) is 30.9 Å². The molecule has 0 aromatic heterocycles. The van der Waals surface area contributed by atoms with E-state index < -0.39 is 5.79 Å².